The SMILES string of the molecule is COc1ccc(OCCC(=O)NC2CCCNC2C)cc1.Cl. The topological polar surface area (TPSA) is 59.6 Å². The molecule has 0 bridgehead atoms. The van der Waals surface area contributed by atoms with Crippen LogP contribution in [0.2, 0.25) is 0 Å². The fourth-order valence-electron chi connectivity index (χ4n) is 2.45. The van der Waals surface area contributed by atoms with Gasteiger partial charge in [-0.3, -0.25) is 4.79 Å². The fourth-order valence-corrected chi connectivity index (χ4v) is 2.45. The van der Waals surface area contributed by atoms with Gasteiger partial charge in [0.05, 0.1) is 20.1 Å². The molecule has 2 rings (SSSR count). The Morgan fingerprint density at radius 1 is 1.32 bits per heavy atom. The minimum atomic E-state index is 0. The van der Waals surface area contributed by atoms with E-state index in [1.54, 1.807) is 7.11 Å². The van der Waals surface area contributed by atoms with Crippen LogP contribution in [0.3, 0.4) is 0 Å². The summed E-state index contributed by atoms with van der Waals surface area (Å²) in [5, 5.41) is 6.44. The Labute approximate surface area is 138 Å². The zero-order valence-corrected chi connectivity index (χ0v) is 13.9. The number of piperidine rings is 1. The number of halogens is 1. The van der Waals surface area contributed by atoms with Gasteiger partial charge < -0.3 is 20.1 Å². The first-order valence-corrected chi connectivity index (χ1v) is 7.48. The van der Waals surface area contributed by atoms with Crippen LogP contribution in [0.4, 0.5) is 0 Å². The van der Waals surface area contributed by atoms with Gasteiger partial charge in [0.15, 0.2) is 0 Å². The van der Waals surface area contributed by atoms with Gasteiger partial charge in [0.1, 0.15) is 11.5 Å². The molecule has 1 saturated heterocycles. The summed E-state index contributed by atoms with van der Waals surface area (Å²) >= 11 is 0. The Kier molecular flexibility index (Phi) is 8.06. The largest absolute Gasteiger partial charge is 0.497 e. The zero-order chi connectivity index (χ0) is 15.1. The molecule has 6 heteroatoms. The highest BCUT2D eigenvalue weighted by Gasteiger charge is 2.21. The highest BCUT2D eigenvalue weighted by atomic mass is 35.5. The Balaban J connectivity index is 0.00000242. The number of rotatable bonds is 6. The van der Waals surface area contributed by atoms with Gasteiger partial charge in [-0.1, -0.05) is 0 Å². The van der Waals surface area contributed by atoms with E-state index in [9.17, 15) is 4.79 Å². The molecule has 124 valence electrons. The lowest BCUT2D eigenvalue weighted by Gasteiger charge is -2.30. The molecule has 1 fully saturated rings. The van der Waals surface area contributed by atoms with Crippen LogP contribution in [0.15, 0.2) is 24.3 Å². The van der Waals surface area contributed by atoms with Crippen molar-refractivity contribution in [1.29, 1.82) is 0 Å². The van der Waals surface area contributed by atoms with Crippen molar-refractivity contribution < 1.29 is 14.3 Å². The van der Waals surface area contributed by atoms with Crippen LogP contribution < -0.4 is 20.1 Å². The molecule has 1 heterocycles. The van der Waals surface area contributed by atoms with Crippen LogP contribution in [0.25, 0.3) is 0 Å². The first-order chi connectivity index (χ1) is 10.2. The predicted molar refractivity (Wildman–Crippen MR) is 89.0 cm³/mol. The summed E-state index contributed by atoms with van der Waals surface area (Å²) in [6.07, 6.45) is 2.52. The molecular formula is C16H25ClN2O3. The first-order valence-electron chi connectivity index (χ1n) is 7.48. The van der Waals surface area contributed by atoms with E-state index in [0.717, 1.165) is 30.9 Å². The fraction of sp³-hybridized carbons (Fsp3) is 0.562. The average Bonchev–Trinajstić information content (AvgIpc) is 2.50. The van der Waals surface area contributed by atoms with Gasteiger partial charge in [-0.25, -0.2) is 0 Å². The molecule has 2 unspecified atom stereocenters. The zero-order valence-electron chi connectivity index (χ0n) is 13.1. The summed E-state index contributed by atoms with van der Waals surface area (Å²) in [5.41, 5.74) is 0. The Morgan fingerprint density at radius 2 is 2.00 bits per heavy atom. The average molecular weight is 329 g/mol. The molecule has 1 aromatic rings. The molecule has 1 aliphatic rings. The van der Waals surface area contributed by atoms with Crippen LogP contribution >= 0.6 is 12.4 Å². The van der Waals surface area contributed by atoms with Crippen molar-refractivity contribution in [3.8, 4) is 11.5 Å². The van der Waals surface area contributed by atoms with E-state index in [1.165, 1.54) is 0 Å². The van der Waals surface area contributed by atoms with Gasteiger partial charge in [0.25, 0.3) is 0 Å². The number of ether oxygens (including phenoxy) is 2. The van der Waals surface area contributed by atoms with Crippen molar-refractivity contribution in [1.82, 2.24) is 10.6 Å². The van der Waals surface area contributed by atoms with Gasteiger partial charge in [-0.2, -0.15) is 0 Å². The van der Waals surface area contributed by atoms with Crippen molar-refractivity contribution in [2.24, 2.45) is 0 Å². The molecular weight excluding hydrogens is 304 g/mol. The van der Waals surface area contributed by atoms with E-state index in [1.807, 2.05) is 24.3 Å². The summed E-state index contributed by atoms with van der Waals surface area (Å²) in [6, 6.07) is 7.92. The second kappa shape index (κ2) is 9.54. The molecule has 1 amide bonds. The van der Waals surface area contributed by atoms with Gasteiger partial charge in [0.2, 0.25) is 5.91 Å². The van der Waals surface area contributed by atoms with E-state index >= 15 is 0 Å². The van der Waals surface area contributed by atoms with Crippen LogP contribution in [0.1, 0.15) is 26.2 Å². The van der Waals surface area contributed by atoms with Crippen molar-refractivity contribution in [3.05, 3.63) is 24.3 Å². The summed E-state index contributed by atoms with van der Waals surface area (Å²) in [4.78, 5) is 11.9. The molecule has 0 saturated carbocycles. The lowest BCUT2D eigenvalue weighted by molar-refractivity contribution is -0.122. The van der Waals surface area contributed by atoms with Gasteiger partial charge >= 0.3 is 0 Å². The van der Waals surface area contributed by atoms with Gasteiger partial charge in [0, 0.05) is 12.1 Å². The number of benzene rings is 1. The lowest BCUT2D eigenvalue weighted by Crippen LogP contribution is -2.52. The smallest absolute Gasteiger partial charge is 0.223 e. The number of methoxy groups -OCH3 is 1. The van der Waals surface area contributed by atoms with Crippen LogP contribution in [-0.4, -0.2) is 38.3 Å². The molecule has 0 aliphatic carbocycles. The maximum atomic E-state index is 11.9. The first kappa shape index (κ1) is 18.6. The number of carbonyl (C=O) groups excluding carboxylic acids is 1. The maximum absolute atomic E-state index is 11.9. The molecule has 0 radical (unpaired) electrons. The van der Waals surface area contributed by atoms with Crippen molar-refractivity contribution >= 4 is 18.3 Å². The third-order valence-corrected chi connectivity index (χ3v) is 3.77. The Hall–Kier alpha value is -1.46. The second-order valence-corrected chi connectivity index (χ2v) is 5.33. The normalized spacial score (nSPS) is 20.6. The molecule has 1 aromatic carbocycles. The summed E-state index contributed by atoms with van der Waals surface area (Å²) in [5.74, 6) is 1.58. The quantitative estimate of drug-likeness (QED) is 0.840. The highest BCUT2D eigenvalue weighted by Crippen LogP contribution is 2.17. The maximum Gasteiger partial charge on any atom is 0.223 e. The standard InChI is InChI=1S/C16H24N2O3.ClH/c1-12-15(4-3-10-17-12)18-16(19)9-11-21-14-7-5-13(20-2)6-8-14;/h5-8,12,15,17H,3-4,9-11H2,1-2H3,(H,18,19);1H. The Morgan fingerprint density at radius 3 is 2.64 bits per heavy atom. The lowest BCUT2D eigenvalue weighted by atomic mass is 10.00. The van der Waals surface area contributed by atoms with Crippen molar-refractivity contribution in [2.45, 2.75) is 38.3 Å². The number of hydrogen-bond donors (Lipinski definition) is 2. The van der Waals surface area contributed by atoms with Crippen LogP contribution in [0.5, 0.6) is 11.5 Å². The predicted octanol–water partition coefficient (Wildman–Crippen LogP) is 2.14. The summed E-state index contributed by atoms with van der Waals surface area (Å²) < 4.78 is 10.6. The minimum absolute atomic E-state index is 0. The van der Waals surface area contributed by atoms with E-state index in [2.05, 4.69) is 17.6 Å². The number of amides is 1. The third-order valence-electron chi connectivity index (χ3n) is 3.77. The van der Waals surface area contributed by atoms with Gasteiger partial charge in [-0.15, -0.1) is 12.4 Å². The van der Waals surface area contributed by atoms with E-state index in [0.29, 0.717) is 19.1 Å². The van der Waals surface area contributed by atoms with Crippen LogP contribution in [-0.2, 0) is 4.79 Å². The minimum Gasteiger partial charge on any atom is -0.497 e. The van der Waals surface area contributed by atoms with Crippen LogP contribution in [0, 0.1) is 0 Å². The van der Waals surface area contributed by atoms with Crippen molar-refractivity contribution in [2.75, 3.05) is 20.3 Å². The third kappa shape index (κ3) is 5.73. The van der Waals surface area contributed by atoms with E-state index < -0.39 is 0 Å². The van der Waals surface area contributed by atoms with E-state index in [4.69, 9.17) is 9.47 Å². The highest BCUT2D eigenvalue weighted by molar-refractivity contribution is 5.85. The summed E-state index contributed by atoms with van der Waals surface area (Å²) in [6.45, 7) is 3.53. The van der Waals surface area contributed by atoms with E-state index in [-0.39, 0.29) is 24.4 Å². The molecule has 2 atom stereocenters. The molecule has 1 aliphatic heterocycles. The number of hydrogen-bond acceptors (Lipinski definition) is 4. The molecule has 0 spiro atoms. The number of carbonyl (C=O) groups is 1. The molecule has 0 aromatic heterocycles. The van der Waals surface area contributed by atoms with Crippen molar-refractivity contribution in [3.63, 3.8) is 0 Å². The Bertz CT molecular complexity index is 453. The molecule has 5 nitrogen and oxygen atoms in total. The summed E-state index contributed by atoms with van der Waals surface area (Å²) in [7, 11) is 1.63. The monoisotopic (exact) mass is 328 g/mol. The molecule has 22 heavy (non-hydrogen) atoms. The van der Waals surface area contributed by atoms with Gasteiger partial charge in [-0.05, 0) is 50.6 Å². The second-order valence-electron chi connectivity index (χ2n) is 5.33. The molecule has 2 N–H and O–H groups in total. The number of nitrogens with one attached hydrogen (secondary N) is 2.